The molecule has 1 aliphatic rings. The first-order chi connectivity index (χ1) is 12.9. The predicted octanol–water partition coefficient (Wildman–Crippen LogP) is 2.03. The maximum absolute atomic E-state index is 13.0. The molecule has 0 aliphatic carbocycles. The molecular weight excluding hydrogens is 402 g/mol. The molecule has 0 spiro atoms. The molecule has 2 aromatic carbocycles. The fourth-order valence-electron chi connectivity index (χ4n) is 2.93. The van der Waals surface area contributed by atoms with Crippen molar-refractivity contribution in [1.82, 2.24) is 10.6 Å². The van der Waals surface area contributed by atoms with Crippen molar-refractivity contribution >= 4 is 34.0 Å². The largest absolute Gasteiger partial charge is 0.497 e. The van der Waals surface area contributed by atoms with Gasteiger partial charge in [0.05, 0.1) is 17.7 Å². The van der Waals surface area contributed by atoms with E-state index in [9.17, 15) is 13.2 Å². The Morgan fingerprint density at radius 3 is 2.54 bits per heavy atom. The van der Waals surface area contributed by atoms with E-state index in [0.29, 0.717) is 17.0 Å². The summed E-state index contributed by atoms with van der Waals surface area (Å²) >= 11 is 0. The van der Waals surface area contributed by atoms with Crippen LogP contribution >= 0.6 is 12.4 Å². The highest BCUT2D eigenvalue weighted by Crippen LogP contribution is 2.24. The van der Waals surface area contributed by atoms with Crippen LogP contribution in [0.15, 0.2) is 53.4 Å². The fraction of sp³-hybridized carbons (Fsp3) is 0.316. The number of rotatable bonds is 6. The van der Waals surface area contributed by atoms with Gasteiger partial charge in [0.15, 0.2) is 0 Å². The number of anilines is 1. The number of hydrogen-bond donors (Lipinski definition) is 2. The minimum atomic E-state index is -3.79. The van der Waals surface area contributed by atoms with Crippen LogP contribution in [-0.2, 0) is 10.0 Å². The number of carbonyl (C=O) groups is 1. The molecule has 1 atom stereocenters. The molecule has 1 aliphatic heterocycles. The molecule has 0 saturated carbocycles. The maximum Gasteiger partial charge on any atom is 0.264 e. The highest BCUT2D eigenvalue weighted by molar-refractivity contribution is 7.92. The van der Waals surface area contributed by atoms with Crippen molar-refractivity contribution in [3.63, 3.8) is 0 Å². The van der Waals surface area contributed by atoms with E-state index in [1.807, 2.05) is 0 Å². The number of nitrogens with one attached hydrogen (secondary N) is 2. The number of amides is 1. The van der Waals surface area contributed by atoms with Crippen LogP contribution in [0.5, 0.6) is 5.75 Å². The molecule has 1 saturated heterocycles. The van der Waals surface area contributed by atoms with Crippen molar-refractivity contribution < 1.29 is 17.9 Å². The van der Waals surface area contributed by atoms with Gasteiger partial charge in [0.1, 0.15) is 5.75 Å². The first-order valence-electron chi connectivity index (χ1n) is 8.66. The molecule has 2 N–H and O–H groups in total. The normalized spacial score (nSPS) is 16.1. The topological polar surface area (TPSA) is 87.7 Å². The Morgan fingerprint density at radius 2 is 1.93 bits per heavy atom. The van der Waals surface area contributed by atoms with Gasteiger partial charge in [0.25, 0.3) is 15.9 Å². The lowest BCUT2D eigenvalue weighted by Gasteiger charge is -2.20. The van der Waals surface area contributed by atoms with Gasteiger partial charge < -0.3 is 15.4 Å². The molecule has 0 bridgehead atoms. The second-order valence-electron chi connectivity index (χ2n) is 6.36. The molecule has 1 heterocycles. The molecule has 9 heteroatoms. The Labute approximate surface area is 171 Å². The molecule has 1 unspecified atom stereocenters. The zero-order valence-electron chi connectivity index (χ0n) is 15.7. The Hall–Kier alpha value is -2.29. The molecule has 28 heavy (non-hydrogen) atoms. The minimum absolute atomic E-state index is 0. The molecule has 0 radical (unpaired) electrons. The summed E-state index contributed by atoms with van der Waals surface area (Å²) in [5.41, 5.74) is 0.828. The number of methoxy groups -OCH3 is 1. The van der Waals surface area contributed by atoms with E-state index in [1.165, 1.54) is 23.5 Å². The molecule has 152 valence electrons. The van der Waals surface area contributed by atoms with Gasteiger partial charge in [-0.05, 0) is 55.4 Å². The van der Waals surface area contributed by atoms with Gasteiger partial charge >= 0.3 is 0 Å². The Balaban J connectivity index is 0.00000280. The second kappa shape index (κ2) is 9.27. The van der Waals surface area contributed by atoms with E-state index >= 15 is 0 Å². The van der Waals surface area contributed by atoms with E-state index in [1.54, 1.807) is 43.5 Å². The smallest absolute Gasteiger partial charge is 0.264 e. The lowest BCUT2D eigenvalue weighted by molar-refractivity contribution is 0.0940. The first kappa shape index (κ1) is 22.0. The Kier molecular flexibility index (Phi) is 7.29. The van der Waals surface area contributed by atoms with Crippen LogP contribution in [-0.4, -0.2) is 47.6 Å². The number of carbonyl (C=O) groups excluding carboxylic acids is 1. The summed E-state index contributed by atoms with van der Waals surface area (Å²) in [5.74, 6) is 0.373. The van der Waals surface area contributed by atoms with Gasteiger partial charge in [-0.2, -0.15) is 0 Å². The summed E-state index contributed by atoms with van der Waals surface area (Å²) in [5, 5.41) is 6.10. The summed E-state index contributed by atoms with van der Waals surface area (Å²) < 4.78 is 32.2. The van der Waals surface area contributed by atoms with Crippen LogP contribution in [0.2, 0.25) is 0 Å². The quantitative estimate of drug-likeness (QED) is 0.739. The number of hydrogen-bond acceptors (Lipinski definition) is 5. The average molecular weight is 426 g/mol. The van der Waals surface area contributed by atoms with Crippen LogP contribution in [0.25, 0.3) is 0 Å². The van der Waals surface area contributed by atoms with Crippen molar-refractivity contribution in [2.45, 2.75) is 17.4 Å². The Bertz CT molecular complexity index is 913. The lowest BCUT2D eigenvalue weighted by atomic mass is 10.2. The van der Waals surface area contributed by atoms with E-state index in [-0.39, 0.29) is 29.3 Å². The monoisotopic (exact) mass is 425 g/mol. The fourth-order valence-corrected chi connectivity index (χ4v) is 4.18. The van der Waals surface area contributed by atoms with Gasteiger partial charge in [0.2, 0.25) is 0 Å². The molecule has 3 rings (SSSR count). The molecule has 1 fully saturated rings. The van der Waals surface area contributed by atoms with Crippen molar-refractivity contribution in [1.29, 1.82) is 0 Å². The Morgan fingerprint density at radius 1 is 1.21 bits per heavy atom. The summed E-state index contributed by atoms with van der Waals surface area (Å²) in [7, 11) is -0.765. The van der Waals surface area contributed by atoms with Crippen LogP contribution in [0, 0.1) is 0 Å². The van der Waals surface area contributed by atoms with Gasteiger partial charge in [-0.3, -0.25) is 9.10 Å². The van der Waals surface area contributed by atoms with Gasteiger partial charge in [0, 0.05) is 25.2 Å². The number of halogens is 1. The summed E-state index contributed by atoms with van der Waals surface area (Å²) in [6.07, 6.45) is 0.865. The minimum Gasteiger partial charge on any atom is -0.497 e. The molecule has 2 aromatic rings. The standard InChI is InChI=1S/C19H23N3O4S.ClH/c1-22(16-6-8-17(26-2)9-7-16)27(24,25)18-5-3-4-14(12-18)19(23)21-15-10-11-20-13-15;/h3-9,12,15,20H,10-11,13H2,1-2H3,(H,21,23);1H. The summed E-state index contributed by atoms with van der Waals surface area (Å²) in [6.45, 7) is 1.59. The van der Waals surface area contributed by atoms with Crippen LogP contribution in [0.3, 0.4) is 0 Å². The first-order valence-corrected chi connectivity index (χ1v) is 10.1. The number of ether oxygens (including phenoxy) is 1. The highest BCUT2D eigenvalue weighted by Gasteiger charge is 2.23. The van der Waals surface area contributed by atoms with E-state index in [4.69, 9.17) is 4.74 Å². The zero-order valence-corrected chi connectivity index (χ0v) is 17.3. The average Bonchev–Trinajstić information content (AvgIpc) is 3.20. The van der Waals surface area contributed by atoms with Crippen molar-refractivity contribution in [2.75, 3.05) is 31.6 Å². The number of sulfonamides is 1. The van der Waals surface area contributed by atoms with Gasteiger partial charge in [-0.1, -0.05) is 6.07 Å². The number of benzene rings is 2. The molecule has 0 aromatic heterocycles. The van der Waals surface area contributed by atoms with E-state index < -0.39 is 10.0 Å². The van der Waals surface area contributed by atoms with Crippen LogP contribution in [0.4, 0.5) is 5.69 Å². The third kappa shape index (κ3) is 4.76. The third-order valence-corrected chi connectivity index (χ3v) is 6.37. The van der Waals surface area contributed by atoms with Crippen LogP contribution in [0.1, 0.15) is 16.8 Å². The van der Waals surface area contributed by atoms with Crippen LogP contribution < -0.4 is 19.7 Å². The SMILES string of the molecule is COc1ccc(N(C)S(=O)(=O)c2cccc(C(=O)NC3CCNC3)c2)cc1.Cl. The summed E-state index contributed by atoms with van der Waals surface area (Å²) in [6, 6.07) is 12.9. The van der Waals surface area contributed by atoms with Gasteiger partial charge in [-0.25, -0.2) is 8.42 Å². The molecular formula is C19H24ClN3O4S. The highest BCUT2D eigenvalue weighted by atomic mass is 35.5. The third-order valence-electron chi connectivity index (χ3n) is 4.59. The van der Waals surface area contributed by atoms with Gasteiger partial charge in [-0.15, -0.1) is 12.4 Å². The van der Waals surface area contributed by atoms with Crippen molar-refractivity contribution in [3.05, 3.63) is 54.1 Å². The van der Waals surface area contributed by atoms with E-state index in [2.05, 4.69) is 10.6 Å². The number of nitrogens with zero attached hydrogens (tertiary/aromatic N) is 1. The second-order valence-corrected chi connectivity index (χ2v) is 8.33. The van der Waals surface area contributed by atoms with Crippen molar-refractivity contribution in [2.24, 2.45) is 0 Å². The predicted molar refractivity (Wildman–Crippen MR) is 111 cm³/mol. The molecule has 7 nitrogen and oxygen atoms in total. The summed E-state index contributed by atoms with van der Waals surface area (Å²) in [4.78, 5) is 12.5. The van der Waals surface area contributed by atoms with E-state index in [0.717, 1.165) is 19.5 Å². The zero-order chi connectivity index (χ0) is 19.4. The molecule has 1 amide bonds. The lowest BCUT2D eigenvalue weighted by Crippen LogP contribution is -2.36. The van der Waals surface area contributed by atoms with Crippen molar-refractivity contribution in [3.8, 4) is 5.75 Å². The maximum atomic E-state index is 13.0.